The van der Waals surface area contributed by atoms with E-state index in [1.165, 1.54) is 37.5 Å². The van der Waals surface area contributed by atoms with Gasteiger partial charge in [0, 0.05) is 6.54 Å². The molecule has 2 amide bonds. The van der Waals surface area contributed by atoms with Gasteiger partial charge in [-0.3, -0.25) is 13.9 Å². The van der Waals surface area contributed by atoms with Crippen LogP contribution < -0.4 is 25.0 Å². The first kappa shape index (κ1) is 29.1. The second-order valence-electron chi connectivity index (χ2n) is 10.6. The van der Waals surface area contributed by atoms with Crippen LogP contribution in [0.25, 0.3) is 10.8 Å². The van der Waals surface area contributed by atoms with Crippen molar-refractivity contribution < 1.29 is 22.7 Å². The van der Waals surface area contributed by atoms with Gasteiger partial charge in [0.2, 0.25) is 11.8 Å². The van der Waals surface area contributed by atoms with Crippen molar-refractivity contribution in [3.8, 4) is 5.75 Å². The number of benzene rings is 4. The van der Waals surface area contributed by atoms with Crippen LogP contribution in [0.3, 0.4) is 0 Å². The van der Waals surface area contributed by atoms with Gasteiger partial charge in [0.1, 0.15) is 11.3 Å². The lowest BCUT2D eigenvalue weighted by Gasteiger charge is -2.36. The number of nitrogens with one attached hydrogen (secondary N) is 1. The van der Waals surface area contributed by atoms with E-state index >= 15 is 0 Å². The van der Waals surface area contributed by atoms with E-state index in [1.807, 2.05) is 43.3 Å². The van der Waals surface area contributed by atoms with E-state index in [4.69, 9.17) is 10.5 Å². The molecule has 0 fully saturated rings. The monoisotopic (exact) mass is 586 g/mol. The molecule has 3 N–H and O–H groups in total. The van der Waals surface area contributed by atoms with Gasteiger partial charge in [-0.2, -0.15) is 0 Å². The Bertz CT molecular complexity index is 1770. The second-order valence-corrected chi connectivity index (χ2v) is 12.4. The molecule has 0 saturated heterocycles. The van der Waals surface area contributed by atoms with Gasteiger partial charge in [-0.15, -0.1) is 0 Å². The lowest BCUT2D eigenvalue weighted by Crippen LogP contribution is -2.63. The molecule has 0 spiro atoms. The number of anilines is 2. The number of amides is 2. The maximum atomic E-state index is 14.6. The molecule has 0 aliphatic carbocycles. The first-order valence-electron chi connectivity index (χ1n) is 13.6. The highest BCUT2D eigenvalue weighted by Gasteiger charge is 2.49. The number of fused-ring (bicyclic) bond motifs is 2. The van der Waals surface area contributed by atoms with Gasteiger partial charge < -0.3 is 20.7 Å². The van der Waals surface area contributed by atoms with E-state index in [0.29, 0.717) is 17.1 Å². The van der Waals surface area contributed by atoms with Gasteiger partial charge in [-0.1, -0.05) is 48.5 Å². The smallest absolute Gasteiger partial charge is 0.264 e. The minimum absolute atomic E-state index is 0.0212. The lowest BCUT2D eigenvalue weighted by molar-refractivity contribution is -0.133. The molecule has 1 heterocycles. The summed E-state index contributed by atoms with van der Waals surface area (Å²) >= 11 is 0. The summed E-state index contributed by atoms with van der Waals surface area (Å²) < 4.78 is 34.9. The molecule has 10 heteroatoms. The standard InChI is InChI=1S/C32H34N4O5S/c1-21-13-14-22-9-5-6-10-25(22)26(21)19-35-28-11-7-8-12-29(28)36(20-27(30(35)37)32(2,34-3)31(33)38)42(39,40)24-17-15-23(41-4)16-18-24/h5-18,27,34H,19-20H2,1-4H3,(H2,33,38)/t27-,32?/m1/s1. The number of primary amides is 1. The molecule has 5 rings (SSSR count). The van der Waals surface area contributed by atoms with Crippen LogP contribution in [-0.4, -0.2) is 46.5 Å². The Morgan fingerprint density at radius 3 is 2.29 bits per heavy atom. The minimum Gasteiger partial charge on any atom is -0.497 e. The molecule has 218 valence electrons. The fourth-order valence-corrected chi connectivity index (χ4v) is 7.02. The molecule has 4 aromatic carbocycles. The zero-order chi connectivity index (χ0) is 30.2. The first-order chi connectivity index (χ1) is 20.0. The van der Waals surface area contributed by atoms with Gasteiger partial charge in [-0.25, -0.2) is 8.42 Å². The molecule has 0 bridgehead atoms. The van der Waals surface area contributed by atoms with Crippen LogP contribution in [0, 0.1) is 12.8 Å². The number of likely N-dealkylation sites (N-methyl/N-ethyl adjacent to an activating group) is 1. The Morgan fingerprint density at radius 2 is 1.64 bits per heavy atom. The number of hydrogen-bond donors (Lipinski definition) is 2. The highest BCUT2D eigenvalue weighted by Crippen LogP contribution is 2.41. The molecule has 0 aromatic heterocycles. The summed E-state index contributed by atoms with van der Waals surface area (Å²) in [6.45, 7) is 3.37. The fraction of sp³-hybridized carbons (Fsp3) is 0.250. The van der Waals surface area contributed by atoms with E-state index in [9.17, 15) is 18.0 Å². The van der Waals surface area contributed by atoms with Crippen molar-refractivity contribution in [2.45, 2.75) is 30.8 Å². The Balaban J connectivity index is 1.74. The summed E-state index contributed by atoms with van der Waals surface area (Å²) in [6.07, 6.45) is 0. The van der Waals surface area contributed by atoms with Crippen LogP contribution >= 0.6 is 0 Å². The molecule has 4 aromatic rings. The van der Waals surface area contributed by atoms with E-state index < -0.39 is 33.3 Å². The summed E-state index contributed by atoms with van der Waals surface area (Å²) in [7, 11) is -1.16. The third-order valence-corrected chi connectivity index (χ3v) is 10.1. The van der Waals surface area contributed by atoms with Crippen molar-refractivity contribution in [1.82, 2.24) is 5.32 Å². The number of nitrogens with zero attached hydrogens (tertiary/aromatic N) is 2. The third kappa shape index (κ3) is 4.86. The number of sulfonamides is 1. The fourth-order valence-electron chi connectivity index (χ4n) is 5.53. The largest absolute Gasteiger partial charge is 0.497 e. The Labute approximate surface area is 245 Å². The van der Waals surface area contributed by atoms with Gasteiger partial charge >= 0.3 is 0 Å². The average molecular weight is 587 g/mol. The van der Waals surface area contributed by atoms with Crippen LogP contribution in [0.5, 0.6) is 5.75 Å². The molecule has 0 radical (unpaired) electrons. The number of methoxy groups -OCH3 is 1. The predicted octanol–water partition coefficient (Wildman–Crippen LogP) is 3.98. The van der Waals surface area contributed by atoms with Crippen LogP contribution in [-0.2, 0) is 26.2 Å². The van der Waals surface area contributed by atoms with Crippen molar-refractivity contribution in [2.24, 2.45) is 11.7 Å². The molecule has 0 saturated carbocycles. The summed E-state index contributed by atoms with van der Waals surface area (Å²) in [5.74, 6) is -1.84. The van der Waals surface area contributed by atoms with Crippen molar-refractivity contribution in [1.29, 1.82) is 0 Å². The highest BCUT2D eigenvalue weighted by molar-refractivity contribution is 7.92. The number of carbonyl (C=O) groups excluding carboxylic acids is 2. The second kappa shape index (κ2) is 11.1. The number of aryl methyl sites for hydroxylation is 1. The van der Waals surface area contributed by atoms with Crippen molar-refractivity contribution in [3.63, 3.8) is 0 Å². The molecule has 1 aliphatic heterocycles. The van der Waals surface area contributed by atoms with E-state index in [-0.39, 0.29) is 18.0 Å². The molecule has 1 unspecified atom stereocenters. The average Bonchev–Trinajstić information content (AvgIpc) is 3.12. The SMILES string of the molecule is CNC(C)(C(N)=O)[C@@H]1CN(S(=O)(=O)c2ccc(OC)cc2)c2ccccc2N(Cc2c(C)ccc3ccccc23)C1=O. The summed E-state index contributed by atoms with van der Waals surface area (Å²) in [6, 6.07) is 24.9. The van der Waals surface area contributed by atoms with E-state index in [0.717, 1.165) is 21.9 Å². The number of para-hydroxylation sites is 2. The van der Waals surface area contributed by atoms with Gasteiger partial charge in [0.25, 0.3) is 10.0 Å². The maximum Gasteiger partial charge on any atom is 0.264 e. The normalized spacial score (nSPS) is 17.0. The van der Waals surface area contributed by atoms with Crippen LogP contribution in [0.1, 0.15) is 18.1 Å². The Hall–Kier alpha value is -4.41. The molecular weight excluding hydrogens is 552 g/mol. The Morgan fingerprint density at radius 1 is 1.00 bits per heavy atom. The third-order valence-electron chi connectivity index (χ3n) is 8.32. The van der Waals surface area contributed by atoms with Crippen LogP contribution in [0.2, 0.25) is 0 Å². The summed E-state index contributed by atoms with van der Waals surface area (Å²) in [5.41, 5.74) is 6.96. The minimum atomic E-state index is -4.19. The highest BCUT2D eigenvalue weighted by atomic mass is 32.2. The van der Waals surface area contributed by atoms with Gasteiger partial charge in [0.15, 0.2) is 0 Å². The number of ether oxygens (including phenoxy) is 1. The molecular formula is C32H34N4O5S. The zero-order valence-electron chi connectivity index (χ0n) is 24.0. The predicted molar refractivity (Wildman–Crippen MR) is 164 cm³/mol. The topological polar surface area (TPSA) is 122 Å². The van der Waals surface area contributed by atoms with Crippen LogP contribution in [0.4, 0.5) is 11.4 Å². The summed E-state index contributed by atoms with van der Waals surface area (Å²) in [5, 5.41) is 4.93. The first-order valence-corrected chi connectivity index (χ1v) is 15.0. The number of nitrogens with two attached hydrogens (primary N) is 1. The number of rotatable bonds is 8. The number of carbonyl (C=O) groups is 2. The van der Waals surface area contributed by atoms with Crippen molar-refractivity contribution in [3.05, 3.63) is 96.1 Å². The van der Waals surface area contributed by atoms with E-state index in [1.54, 1.807) is 41.3 Å². The number of hydrogen-bond acceptors (Lipinski definition) is 6. The van der Waals surface area contributed by atoms with Gasteiger partial charge in [0.05, 0.1) is 35.8 Å². The summed E-state index contributed by atoms with van der Waals surface area (Å²) in [4.78, 5) is 29.1. The van der Waals surface area contributed by atoms with Crippen molar-refractivity contribution >= 4 is 44.0 Å². The Kier molecular flexibility index (Phi) is 7.70. The van der Waals surface area contributed by atoms with E-state index in [2.05, 4.69) is 5.32 Å². The lowest BCUT2D eigenvalue weighted by atomic mass is 9.83. The van der Waals surface area contributed by atoms with Gasteiger partial charge in [-0.05, 0) is 79.2 Å². The zero-order valence-corrected chi connectivity index (χ0v) is 24.8. The molecule has 9 nitrogen and oxygen atoms in total. The van der Waals surface area contributed by atoms with Crippen molar-refractivity contribution in [2.75, 3.05) is 29.9 Å². The molecule has 2 atom stereocenters. The maximum absolute atomic E-state index is 14.6. The van der Waals surface area contributed by atoms with Crippen LogP contribution in [0.15, 0.2) is 89.8 Å². The quantitative estimate of drug-likeness (QED) is 0.322. The molecule has 42 heavy (non-hydrogen) atoms. The molecule has 1 aliphatic rings.